The van der Waals surface area contributed by atoms with E-state index in [4.69, 9.17) is 16.3 Å². The highest BCUT2D eigenvalue weighted by molar-refractivity contribution is 6.29. The predicted molar refractivity (Wildman–Crippen MR) is 81.3 cm³/mol. The van der Waals surface area contributed by atoms with E-state index in [1.807, 2.05) is 11.8 Å². The van der Waals surface area contributed by atoms with Crippen molar-refractivity contribution in [3.05, 3.63) is 28.5 Å². The largest absolute Gasteiger partial charge is 0.383 e. The Kier molecular flexibility index (Phi) is 6.96. The van der Waals surface area contributed by atoms with Crippen molar-refractivity contribution >= 4 is 17.5 Å². The number of rotatable bonds is 7. The zero-order valence-electron chi connectivity index (χ0n) is 12.6. The standard InChI is InChI=1S/C15H23ClN2O2/c1-5-13(6-2)18(7-8-20-4)15(19)12-9-11(3)17-14(16)10-12/h9-10,13H,5-8H2,1-4H3. The third-order valence-corrected chi connectivity index (χ3v) is 3.54. The SMILES string of the molecule is CCC(CC)N(CCOC)C(=O)c1cc(C)nc(Cl)c1. The summed E-state index contributed by atoms with van der Waals surface area (Å²) in [5.41, 5.74) is 1.34. The number of hydrogen-bond acceptors (Lipinski definition) is 3. The maximum Gasteiger partial charge on any atom is 0.254 e. The first kappa shape index (κ1) is 16.9. The fraction of sp³-hybridized carbons (Fsp3) is 0.600. The number of aryl methyl sites for hydroxylation is 1. The molecule has 1 aromatic heterocycles. The Hall–Kier alpha value is -1.13. The van der Waals surface area contributed by atoms with Crippen molar-refractivity contribution in [2.24, 2.45) is 0 Å². The van der Waals surface area contributed by atoms with Crippen molar-refractivity contribution in [3.63, 3.8) is 0 Å². The molecule has 0 saturated carbocycles. The molecular formula is C15H23ClN2O2. The molecule has 0 bridgehead atoms. The van der Waals surface area contributed by atoms with Crippen LogP contribution in [0.15, 0.2) is 12.1 Å². The Morgan fingerprint density at radius 3 is 2.55 bits per heavy atom. The van der Waals surface area contributed by atoms with Crippen LogP contribution < -0.4 is 0 Å². The summed E-state index contributed by atoms with van der Waals surface area (Å²) in [6, 6.07) is 3.61. The van der Waals surface area contributed by atoms with Crippen molar-refractivity contribution in [2.75, 3.05) is 20.3 Å². The van der Waals surface area contributed by atoms with E-state index in [-0.39, 0.29) is 11.9 Å². The Morgan fingerprint density at radius 2 is 2.05 bits per heavy atom. The molecule has 0 N–H and O–H groups in total. The van der Waals surface area contributed by atoms with E-state index >= 15 is 0 Å². The molecule has 0 aliphatic heterocycles. The van der Waals surface area contributed by atoms with Gasteiger partial charge in [-0.25, -0.2) is 4.98 Å². The second-order valence-electron chi connectivity index (χ2n) is 4.78. The molecule has 1 aromatic rings. The summed E-state index contributed by atoms with van der Waals surface area (Å²) in [6.07, 6.45) is 1.84. The summed E-state index contributed by atoms with van der Waals surface area (Å²) in [4.78, 5) is 18.7. The van der Waals surface area contributed by atoms with Crippen LogP contribution in [-0.2, 0) is 4.74 Å². The molecule has 0 atom stereocenters. The normalized spacial score (nSPS) is 10.9. The van der Waals surface area contributed by atoms with Gasteiger partial charge in [-0.1, -0.05) is 25.4 Å². The number of methoxy groups -OCH3 is 1. The first-order chi connectivity index (χ1) is 9.53. The zero-order chi connectivity index (χ0) is 15.1. The number of carbonyl (C=O) groups excluding carboxylic acids is 1. The van der Waals surface area contributed by atoms with Gasteiger partial charge < -0.3 is 9.64 Å². The van der Waals surface area contributed by atoms with E-state index < -0.39 is 0 Å². The number of pyridine rings is 1. The summed E-state index contributed by atoms with van der Waals surface area (Å²) in [5, 5.41) is 0.351. The van der Waals surface area contributed by atoms with Gasteiger partial charge in [0.2, 0.25) is 0 Å². The number of halogens is 1. The highest BCUT2D eigenvalue weighted by Gasteiger charge is 2.22. The molecule has 112 valence electrons. The average Bonchev–Trinajstić information content (AvgIpc) is 2.41. The van der Waals surface area contributed by atoms with Crippen molar-refractivity contribution < 1.29 is 9.53 Å². The molecule has 0 radical (unpaired) electrons. The van der Waals surface area contributed by atoms with Gasteiger partial charge >= 0.3 is 0 Å². The Balaban J connectivity index is 3.02. The molecular weight excluding hydrogens is 276 g/mol. The van der Waals surface area contributed by atoms with Crippen LogP contribution in [0, 0.1) is 6.92 Å². The minimum atomic E-state index is -0.0110. The average molecular weight is 299 g/mol. The van der Waals surface area contributed by atoms with Crippen LogP contribution in [0.2, 0.25) is 5.15 Å². The maximum atomic E-state index is 12.7. The molecule has 0 aliphatic rings. The number of hydrogen-bond donors (Lipinski definition) is 0. The molecule has 20 heavy (non-hydrogen) atoms. The maximum absolute atomic E-state index is 12.7. The van der Waals surface area contributed by atoms with Crippen LogP contribution in [0.1, 0.15) is 42.7 Å². The third kappa shape index (κ3) is 4.46. The summed E-state index contributed by atoms with van der Waals surface area (Å²) < 4.78 is 5.11. The van der Waals surface area contributed by atoms with E-state index in [9.17, 15) is 4.79 Å². The van der Waals surface area contributed by atoms with Crippen LogP contribution >= 0.6 is 11.6 Å². The molecule has 5 heteroatoms. The molecule has 0 fully saturated rings. The highest BCUT2D eigenvalue weighted by Crippen LogP contribution is 2.17. The monoisotopic (exact) mass is 298 g/mol. The van der Waals surface area contributed by atoms with Crippen LogP contribution in [0.3, 0.4) is 0 Å². The summed E-state index contributed by atoms with van der Waals surface area (Å²) in [7, 11) is 1.64. The van der Waals surface area contributed by atoms with Gasteiger partial charge in [-0.3, -0.25) is 4.79 Å². The first-order valence-corrected chi connectivity index (χ1v) is 7.35. The Bertz CT molecular complexity index is 427. The Morgan fingerprint density at radius 1 is 1.40 bits per heavy atom. The third-order valence-electron chi connectivity index (χ3n) is 3.35. The van der Waals surface area contributed by atoms with Gasteiger partial charge in [0.05, 0.1) is 6.61 Å². The highest BCUT2D eigenvalue weighted by atomic mass is 35.5. The predicted octanol–water partition coefficient (Wildman–Crippen LogP) is 3.32. The van der Waals surface area contributed by atoms with Gasteiger partial charge in [0.25, 0.3) is 5.91 Å². The van der Waals surface area contributed by atoms with E-state index in [1.54, 1.807) is 19.2 Å². The quantitative estimate of drug-likeness (QED) is 0.725. The molecule has 0 saturated heterocycles. The molecule has 0 spiro atoms. The zero-order valence-corrected chi connectivity index (χ0v) is 13.4. The molecule has 0 unspecified atom stereocenters. The number of aromatic nitrogens is 1. The smallest absolute Gasteiger partial charge is 0.254 e. The van der Waals surface area contributed by atoms with Crippen molar-refractivity contribution in [3.8, 4) is 0 Å². The first-order valence-electron chi connectivity index (χ1n) is 6.97. The van der Waals surface area contributed by atoms with Gasteiger partial charge in [-0.15, -0.1) is 0 Å². The van der Waals surface area contributed by atoms with Crippen LogP contribution in [0.25, 0.3) is 0 Å². The van der Waals surface area contributed by atoms with Gasteiger partial charge in [0.15, 0.2) is 0 Å². The number of amides is 1. The van der Waals surface area contributed by atoms with Crippen molar-refractivity contribution in [2.45, 2.75) is 39.7 Å². The van der Waals surface area contributed by atoms with Gasteiger partial charge in [-0.2, -0.15) is 0 Å². The number of carbonyl (C=O) groups is 1. The lowest BCUT2D eigenvalue weighted by Crippen LogP contribution is -2.41. The molecule has 1 rings (SSSR count). The summed E-state index contributed by atoms with van der Waals surface area (Å²) >= 11 is 5.94. The minimum Gasteiger partial charge on any atom is -0.383 e. The molecule has 0 aliphatic carbocycles. The van der Waals surface area contributed by atoms with Crippen molar-refractivity contribution in [1.82, 2.24) is 9.88 Å². The fourth-order valence-electron chi connectivity index (χ4n) is 2.29. The van der Waals surface area contributed by atoms with Gasteiger partial charge in [0, 0.05) is 31.0 Å². The van der Waals surface area contributed by atoms with Crippen molar-refractivity contribution in [1.29, 1.82) is 0 Å². The second-order valence-corrected chi connectivity index (χ2v) is 5.17. The lowest BCUT2D eigenvalue weighted by Gasteiger charge is -2.30. The summed E-state index contributed by atoms with van der Waals surface area (Å²) in [6.45, 7) is 7.12. The Labute approximate surface area is 126 Å². The van der Waals surface area contributed by atoms with E-state index in [0.29, 0.717) is 23.9 Å². The fourth-order valence-corrected chi connectivity index (χ4v) is 2.54. The molecule has 0 aromatic carbocycles. The number of nitrogens with zero attached hydrogens (tertiary/aromatic N) is 2. The lowest BCUT2D eigenvalue weighted by molar-refractivity contribution is 0.0589. The van der Waals surface area contributed by atoms with Gasteiger partial charge in [-0.05, 0) is 31.9 Å². The van der Waals surface area contributed by atoms with Crippen LogP contribution in [0.4, 0.5) is 0 Å². The topological polar surface area (TPSA) is 42.4 Å². The molecule has 1 amide bonds. The lowest BCUT2D eigenvalue weighted by atomic mass is 10.1. The second kappa shape index (κ2) is 8.22. The number of ether oxygens (including phenoxy) is 1. The van der Waals surface area contributed by atoms with E-state index in [2.05, 4.69) is 18.8 Å². The summed E-state index contributed by atoms with van der Waals surface area (Å²) in [5.74, 6) is -0.0110. The van der Waals surface area contributed by atoms with Crippen LogP contribution in [-0.4, -0.2) is 42.1 Å². The van der Waals surface area contributed by atoms with E-state index in [0.717, 1.165) is 18.5 Å². The van der Waals surface area contributed by atoms with Gasteiger partial charge in [0.1, 0.15) is 5.15 Å². The van der Waals surface area contributed by atoms with Crippen LogP contribution in [0.5, 0.6) is 0 Å². The molecule has 1 heterocycles. The molecule has 4 nitrogen and oxygen atoms in total. The van der Waals surface area contributed by atoms with E-state index in [1.165, 1.54) is 0 Å². The minimum absolute atomic E-state index is 0.0110.